The molecule has 1 rings (SSSR count). The van der Waals surface area contributed by atoms with Crippen LogP contribution < -0.4 is 0 Å². The van der Waals surface area contributed by atoms with Crippen LogP contribution in [-0.2, 0) is 10.0 Å². The van der Waals surface area contributed by atoms with Gasteiger partial charge in [-0.1, -0.05) is 12.1 Å². The minimum atomic E-state index is -4.51. The summed E-state index contributed by atoms with van der Waals surface area (Å²) in [5.74, 6) is -3.68. The number of sulfonamides is 1. The van der Waals surface area contributed by atoms with Crippen molar-refractivity contribution in [3.8, 4) is 0 Å². The summed E-state index contributed by atoms with van der Waals surface area (Å²) in [5.41, 5.74) is 0.475. The van der Waals surface area contributed by atoms with E-state index in [2.05, 4.69) is 5.16 Å². The van der Waals surface area contributed by atoms with Crippen molar-refractivity contribution in [1.82, 2.24) is 4.31 Å². The highest BCUT2D eigenvalue weighted by atomic mass is 32.2. The monoisotopic (exact) mass is 256 g/mol. The third-order valence-electron chi connectivity index (χ3n) is 2.72. The van der Waals surface area contributed by atoms with Gasteiger partial charge in [0.05, 0.1) is 5.71 Å². The summed E-state index contributed by atoms with van der Waals surface area (Å²) in [4.78, 5) is 0. The first kappa shape index (κ1) is 13.3. The number of halogens is 2. The van der Waals surface area contributed by atoms with Crippen LogP contribution in [0.3, 0.4) is 0 Å². The van der Waals surface area contributed by atoms with Gasteiger partial charge < -0.3 is 5.21 Å². The van der Waals surface area contributed by atoms with E-state index in [1.807, 2.05) is 0 Å². The fourth-order valence-electron chi connectivity index (χ4n) is 1.73. The van der Waals surface area contributed by atoms with Gasteiger partial charge in [0, 0.05) is 25.4 Å². The number of hydrogen-bond donors (Lipinski definition) is 1. The Bertz CT molecular complexity index is 369. The lowest BCUT2D eigenvalue weighted by Crippen LogP contribution is -2.45. The molecular weight excluding hydrogens is 242 g/mol. The number of rotatable bonds is 3. The molecule has 1 aliphatic rings. The van der Waals surface area contributed by atoms with Crippen molar-refractivity contribution in [3.63, 3.8) is 0 Å². The molecule has 1 aliphatic heterocycles. The van der Waals surface area contributed by atoms with Gasteiger partial charge in [-0.15, -0.1) is 0 Å². The molecule has 0 radical (unpaired) electrons. The zero-order chi connectivity index (χ0) is 12.3. The van der Waals surface area contributed by atoms with E-state index in [1.165, 1.54) is 0 Å². The molecule has 0 spiro atoms. The Morgan fingerprint density at radius 2 is 2.25 bits per heavy atom. The van der Waals surface area contributed by atoms with Crippen LogP contribution in [0.25, 0.3) is 0 Å². The van der Waals surface area contributed by atoms with Crippen LogP contribution in [-0.4, -0.2) is 42.5 Å². The fourth-order valence-corrected chi connectivity index (χ4v) is 2.68. The number of piperidine rings is 1. The molecule has 1 saturated heterocycles. The average Bonchev–Trinajstić information content (AvgIpc) is 2.27. The zero-order valence-corrected chi connectivity index (χ0v) is 9.62. The predicted molar refractivity (Wildman–Crippen MR) is 54.1 cm³/mol. The molecule has 1 heterocycles. The van der Waals surface area contributed by atoms with E-state index in [0.29, 0.717) is 12.1 Å². The number of oxime groups is 1. The van der Waals surface area contributed by atoms with Crippen molar-refractivity contribution < 1.29 is 22.4 Å². The lowest BCUT2D eigenvalue weighted by molar-refractivity contribution is 0.213. The molecule has 94 valence electrons. The second-order valence-electron chi connectivity index (χ2n) is 3.61. The molecule has 8 heteroatoms. The van der Waals surface area contributed by atoms with Gasteiger partial charge in [0.1, 0.15) is 0 Å². The fraction of sp³-hybridized carbons (Fsp3) is 0.875. The van der Waals surface area contributed by atoms with Crippen LogP contribution in [0.4, 0.5) is 8.78 Å². The van der Waals surface area contributed by atoms with E-state index >= 15 is 0 Å². The van der Waals surface area contributed by atoms with Crippen LogP contribution in [0.2, 0.25) is 0 Å². The number of hydrogen-bond acceptors (Lipinski definition) is 4. The lowest BCUT2D eigenvalue weighted by Gasteiger charge is -2.31. The Morgan fingerprint density at radius 3 is 2.69 bits per heavy atom. The first-order valence-corrected chi connectivity index (χ1v) is 6.41. The summed E-state index contributed by atoms with van der Waals surface area (Å²) in [6.45, 7) is 1.69. The van der Waals surface area contributed by atoms with Crippen LogP contribution in [0.15, 0.2) is 5.16 Å². The van der Waals surface area contributed by atoms with Crippen molar-refractivity contribution in [2.24, 2.45) is 11.1 Å². The standard InChI is InChI=1S/C8H14F2N2O3S/c1-2-6-5-12(4-3-7(6)11-13)16(14,15)8(9)10/h6,8,13H,2-5H2,1H3. The van der Waals surface area contributed by atoms with E-state index in [1.54, 1.807) is 6.92 Å². The predicted octanol–water partition coefficient (Wildman–Crippen LogP) is 1.10. The van der Waals surface area contributed by atoms with Gasteiger partial charge in [0.2, 0.25) is 0 Å². The molecule has 1 fully saturated rings. The van der Waals surface area contributed by atoms with Gasteiger partial charge in [0.15, 0.2) is 0 Å². The molecule has 0 saturated carbocycles. The summed E-state index contributed by atoms with van der Waals surface area (Å²) >= 11 is 0. The van der Waals surface area contributed by atoms with Gasteiger partial charge >= 0.3 is 5.76 Å². The molecule has 0 amide bonds. The molecule has 16 heavy (non-hydrogen) atoms. The van der Waals surface area contributed by atoms with Gasteiger partial charge in [-0.2, -0.15) is 13.1 Å². The smallest absolute Gasteiger partial charge is 0.350 e. The molecule has 5 nitrogen and oxygen atoms in total. The maximum Gasteiger partial charge on any atom is 0.350 e. The summed E-state index contributed by atoms with van der Waals surface area (Å²) in [7, 11) is -4.51. The largest absolute Gasteiger partial charge is 0.411 e. The van der Waals surface area contributed by atoms with Crippen LogP contribution in [0.5, 0.6) is 0 Å². The molecule has 0 bridgehead atoms. The Morgan fingerprint density at radius 1 is 1.62 bits per heavy atom. The topological polar surface area (TPSA) is 70.0 Å². The summed E-state index contributed by atoms with van der Waals surface area (Å²) in [6, 6.07) is 0. The highest BCUT2D eigenvalue weighted by molar-refractivity contribution is 7.89. The van der Waals surface area contributed by atoms with Crippen molar-refractivity contribution in [2.75, 3.05) is 13.1 Å². The Kier molecular flexibility index (Phi) is 4.20. The molecule has 0 aromatic heterocycles. The van der Waals surface area contributed by atoms with Crippen molar-refractivity contribution in [3.05, 3.63) is 0 Å². The van der Waals surface area contributed by atoms with E-state index in [4.69, 9.17) is 5.21 Å². The highest BCUT2D eigenvalue weighted by Gasteiger charge is 2.37. The molecule has 1 N–H and O–H groups in total. The molecule has 0 aliphatic carbocycles. The highest BCUT2D eigenvalue weighted by Crippen LogP contribution is 2.22. The van der Waals surface area contributed by atoms with Crippen LogP contribution in [0.1, 0.15) is 19.8 Å². The Labute approximate surface area is 92.8 Å². The average molecular weight is 256 g/mol. The van der Waals surface area contributed by atoms with Gasteiger partial charge in [-0.05, 0) is 6.42 Å². The maximum absolute atomic E-state index is 12.3. The molecule has 0 aromatic rings. The van der Waals surface area contributed by atoms with E-state index in [-0.39, 0.29) is 25.4 Å². The SMILES string of the molecule is CCC1CN(S(=O)(=O)C(F)F)CCC1=NO. The minimum absolute atomic E-state index is 0.0391. The van der Waals surface area contributed by atoms with Crippen molar-refractivity contribution in [2.45, 2.75) is 25.5 Å². The van der Waals surface area contributed by atoms with Gasteiger partial charge in [-0.25, -0.2) is 8.42 Å². The first-order chi connectivity index (χ1) is 7.43. The minimum Gasteiger partial charge on any atom is -0.411 e. The van der Waals surface area contributed by atoms with Gasteiger partial charge in [-0.3, -0.25) is 0 Å². The van der Waals surface area contributed by atoms with E-state index in [9.17, 15) is 17.2 Å². The summed E-state index contributed by atoms with van der Waals surface area (Å²) in [6.07, 6.45) is 0.746. The summed E-state index contributed by atoms with van der Waals surface area (Å²) < 4.78 is 47.8. The van der Waals surface area contributed by atoms with E-state index in [0.717, 1.165) is 4.31 Å². The number of alkyl halides is 2. The maximum atomic E-state index is 12.3. The quantitative estimate of drug-likeness (QED) is 0.607. The Hall–Kier alpha value is -0.760. The molecule has 1 unspecified atom stereocenters. The van der Waals surface area contributed by atoms with Crippen molar-refractivity contribution in [1.29, 1.82) is 0 Å². The van der Waals surface area contributed by atoms with Crippen molar-refractivity contribution >= 4 is 15.7 Å². The second kappa shape index (κ2) is 5.05. The first-order valence-electron chi connectivity index (χ1n) is 4.91. The Balaban J connectivity index is 2.83. The lowest BCUT2D eigenvalue weighted by atomic mass is 9.95. The van der Waals surface area contributed by atoms with E-state index < -0.39 is 15.8 Å². The molecular formula is C8H14F2N2O3S. The second-order valence-corrected chi connectivity index (χ2v) is 5.51. The molecule has 0 aromatic carbocycles. The van der Waals surface area contributed by atoms with Gasteiger partial charge in [0.25, 0.3) is 10.0 Å². The third kappa shape index (κ3) is 2.49. The van der Waals surface area contributed by atoms with Crippen LogP contribution >= 0.6 is 0 Å². The van der Waals surface area contributed by atoms with Crippen LogP contribution in [0, 0.1) is 5.92 Å². The normalized spacial score (nSPS) is 26.5. The molecule has 1 atom stereocenters. The zero-order valence-electron chi connectivity index (χ0n) is 8.81. The summed E-state index contributed by atoms with van der Waals surface area (Å²) in [5, 5.41) is 11.7. The number of nitrogens with zero attached hydrogens (tertiary/aromatic N) is 2. The third-order valence-corrected chi connectivity index (χ3v) is 4.22.